The first-order chi connectivity index (χ1) is 10.2. The number of imidazole rings is 1. The van der Waals surface area contributed by atoms with Crippen LogP contribution in [0.5, 0.6) is 0 Å². The van der Waals surface area contributed by atoms with Gasteiger partial charge in [0, 0.05) is 25.2 Å². The molecule has 3 aromatic rings. The van der Waals surface area contributed by atoms with E-state index in [9.17, 15) is 0 Å². The predicted molar refractivity (Wildman–Crippen MR) is 85.6 cm³/mol. The van der Waals surface area contributed by atoms with Gasteiger partial charge in [0.25, 0.3) is 0 Å². The Kier molecular flexibility index (Phi) is 3.90. The highest BCUT2D eigenvalue weighted by Gasteiger charge is 2.06. The molecule has 0 saturated heterocycles. The Labute approximate surface area is 127 Å². The van der Waals surface area contributed by atoms with Gasteiger partial charge >= 0.3 is 0 Å². The van der Waals surface area contributed by atoms with Crippen molar-refractivity contribution in [2.75, 3.05) is 12.4 Å². The second-order valence-electron chi connectivity index (χ2n) is 4.94. The van der Waals surface area contributed by atoms with Gasteiger partial charge in [-0.1, -0.05) is 0 Å². The third-order valence-electron chi connectivity index (χ3n) is 3.45. The van der Waals surface area contributed by atoms with Crippen LogP contribution in [0.25, 0.3) is 11.0 Å². The number of aromatic nitrogens is 3. The van der Waals surface area contributed by atoms with Crippen LogP contribution in [0.15, 0.2) is 23.6 Å². The fourth-order valence-electron chi connectivity index (χ4n) is 2.24. The molecule has 6 heteroatoms. The minimum Gasteiger partial charge on any atom is -0.379 e. The van der Waals surface area contributed by atoms with E-state index in [4.69, 9.17) is 4.74 Å². The van der Waals surface area contributed by atoms with E-state index >= 15 is 0 Å². The first-order valence-electron chi connectivity index (χ1n) is 6.76. The minimum absolute atomic E-state index is 0.573. The summed E-state index contributed by atoms with van der Waals surface area (Å²) in [5, 5.41) is 6.46. The van der Waals surface area contributed by atoms with Crippen LogP contribution in [0.1, 0.15) is 16.5 Å². The van der Waals surface area contributed by atoms with Crippen LogP contribution < -0.4 is 5.32 Å². The van der Waals surface area contributed by atoms with Crippen molar-refractivity contribution < 1.29 is 4.74 Å². The average Bonchev–Trinajstić information content (AvgIpc) is 3.03. The van der Waals surface area contributed by atoms with Gasteiger partial charge in [0.1, 0.15) is 10.8 Å². The number of nitrogens with one attached hydrogen (secondary N) is 1. The molecule has 3 rings (SSSR count). The highest BCUT2D eigenvalue weighted by atomic mass is 32.1. The number of ether oxygens (including phenoxy) is 1. The fraction of sp³-hybridized carbons (Fsp3) is 0.333. The number of thiazole rings is 1. The highest BCUT2D eigenvalue weighted by molar-refractivity contribution is 7.09. The van der Waals surface area contributed by atoms with Crippen molar-refractivity contribution in [3.8, 4) is 0 Å². The van der Waals surface area contributed by atoms with Gasteiger partial charge in [0.2, 0.25) is 0 Å². The maximum Gasteiger partial charge on any atom is 0.119 e. The van der Waals surface area contributed by atoms with E-state index in [-0.39, 0.29) is 0 Å². The van der Waals surface area contributed by atoms with E-state index < -0.39 is 0 Å². The number of rotatable bonds is 5. The maximum absolute atomic E-state index is 5.08. The second kappa shape index (κ2) is 5.83. The van der Waals surface area contributed by atoms with Crippen molar-refractivity contribution in [2.45, 2.75) is 20.1 Å². The number of fused-ring (bicyclic) bond motifs is 1. The quantitative estimate of drug-likeness (QED) is 0.787. The Morgan fingerprint density at radius 2 is 2.19 bits per heavy atom. The smallest absolute Gasteiger partial charge is 0.119 e. The summed E-state index contributed by atoms with van der Waals surface area (Å²) in [5.41, 5.74) is 4.25. The molecule has 5 nitrogen and oxygen atoms in total. The lowest BCUT2D eigenvalue weighted by Gasteiger charge is -2.04. The number of anilines is 1. The molecule has 2 aromatic heterocycles. The Morgan fingerprint density at radius 3 is 3.00 bits per heavy atom. The molecule has 1 aromatic carbocycles. The first kappa shape index (κ1) is 14.0. The van der Waals surface area contributed by atoms with E-state index in [0.29, 0.717) is 13.2 Å². The van der Waals surface area contributed by atoms with Crippen molar-refractivity contribution in [3.63, 3.8) is 0 Å². The largest absolute Gasteiger partial charge is 0.379 e. The van der Waals surface area contributed by atoms with Gasteiger partial charge in [-0.3, -0.25) is 0 Å². The molecule has 21 heavy (non-hydrogen) atoms. The zero-order valence-electron chi connectivity index (χ0n) is 12.4. The molecule has 0 amide bonds. The van der Waals surface area contributed by atoms with Crippen molar-refractivity contribution in [1.29, 1.82) is 0 Å². The van der Waals surface area contributed by atoms with Crippen LogP contribution in [0.4, 0.5) is 5.69 Å². The van der Waals surface area contributed by atoms with E-state index in [0.717, 1.165) is 33.2 Å². The van der Waals surface area contributed by atoms with Crippen LogP contribution in [-0.4, -0.2) is 21.6 Å². The maximum atomic E-state index is 5.08. The molecule has 0 unspecified atom stereocenters. The normalized spacial score (nSPS) is 11.2. The number of nitrogens with zero attached hydrogens (tertiary/aromatic N) is 3. The number of aryl methyl sites for hydroxylation is 2. The van der Waals surface area contributed by atoms with Crippen molar-refractivity contribution in [1.82, 2.24) is 14.5 Å². The summed E-state index contributed by atoms with van der Waals surface area (Å²) < 4.78 is 7.18. The molecule has 0 bridgehead atoms. The Balaban J connectivity index is 1.72. The van der Waals surface area contributed by atoms with Gasteiger partial charge in [-0.05, 0) is 25.1 Å². The second-order valence-corrected chi connectivity index (χ2v) is 5.88. The molecule has 2 heterocycles. The van der Waals surface area contributed by atoms with Crippen molar-refractivity contribution in [3.05, 3.63) is 40.1 Å². The zero-order valence-corrected chi connectivity index (χ0v) is 13.2. The molecule has 0 aliphatic carbocycles. The lowest BCUT2D eigenvalue weighted by molar-refractivity contribution is 0.184. The summed E-state index contributed by atoms with van der Waals surface area (Å²) >= 11 is 1.63. The molecular weight excluding hydrogens is 284 g/mol. The van der Waals surface area contributed by atoms with Crippen LogP contribution >= 0.6 is 11.3 Å². The average molecular weight is 302 g/mol. The van der Waals surface area contributed by atoms with Gasteiger partial charge in [-0.2, -0.15) is 0 Å². The zero-order chi connectivity index (χ0) is 14.8. The van der Waals surface area contributed by atoms with Crippen molar-refractivity contribution in [2.24, 2.45) is 7.05 Å². The molecule has 0 radical (unpaired) electrons. The Bertz CT molecular complexity index is 762. The summed E-state index contributed by atoms with van der Waals surface area (Å²) in [7, 11) is 3.72. The van der Waals surface area contributed by atoms with Crippen LogP contribution in [0.3, 0.4) is 0 Å². The standard InChI is InChI=1S/C15H18N4OS/c1-10-17-13-6-11(4-5-14(13)19(10)2)16-7-12-9-21-15(18-12)8-20-3/h4-6,9,16H,7-8H2,1-3H3. The molecule has 0 aliphatic rings. The van der Waals surface area contributed by atoms with Crippen molar-refractivity contribution >= 4 is 28.1 Å². The molecule has 0 fully saturated rings. The molecule has 0 aliphatic heterocycles. The number of hydrogen-bond donors (Lipinski definition) is 1. The molecule has 0 saturated carbocycles. The molecule has 1 N–H and O–H groups in total. The molecule has 0 atom stereocenters. The topological polar surface area (TPSA) is 52.0 Å². The van der Waals surface area contributed by atoms with Crippen LogP contribution in [0.2, 0.25) is 0 Å². The summed E-state index contributed by atoms with van der Waals surface area (Å²) in [4.78, 5) is 9.06. The highest BCUT2D eigenvalue weighted by Crippen LogP contribution is 2.20. The lowest BCUT2D eigenvalue weighted by Crippen LogP contribution is -2.00. The van der Waals surface area contributed by atoms with Gasteiger partial charge < -0.3 is 14.6 Å². The Hall–Kier alpha value is -1.92. The number of methoxy groups -OCH3 is 1. The number of benzene rings is 1. The summed E-state index contributed by atoms with van der Waals surface area (Å²) in [6.07, 6.45) is 0. The van der Waals surface area contributed by atoms with E-state index in [1.54, 1.807) is 18.4 Å². The van der Waals surface area contributed by atoms with Crippen LogP contribution in [-0.2, 0) is 24.9 Å². The molecular formula is C15H18N4OS. The third kappa shape index (κ3) is 2.91. The third-order valence-corrected chi connectivity index (χ3v) is 4.32. The van der Waals surface area contributed by atoms with Gasteiger partial charge in [-0.15, -0.1) is 11.3 Å². The summed E-state index contributed by atoms with van der Waals surface area (Å²) in [6, 6.07) is 6.24. The fourth-order valence-corrected chi connectivity index (χ4v) is 3.01. The lowest BCUT2D eigenvalue weighted by atomic mass is 10.2. The van der Waals surface area contributed by atoms with E-state index in [1.807, 2.05) is 14.0 Å². The Morgan fingerprint density at radius 1 is 1.33 bits per heavy atom. The van der Waals surface area contributed by atoms with Gasteiger partial charge in [0.15, 0.2) is 0 Å². The summed E-state index contributed by atoms with van der Waals surface area (Å²) in [6.45, 7) is 3.29. The molecule has 0 spiro atoms. The molecule has 110 valence electrons. The van der Waals surface area contributed by atoms with E-state index in [2.05, 4.69) is 43.4 Å². The number of hydrogen-bond acceptors (Lipinski definition) is 5. The SMILES string of the molecule is COCc1nc(CNc2ccc3c(c2)nc(C)n3C)cs1. The van der Waals surface area contributed by atoms with Gasteiger partial charge in [0.05, 0.1) is 29.9 Å². The van der Waals surface area contributed by atoms with Gasteiger partial charge in [-0.25, -0.2) is 9.97 Å². The monoisotopic (exact) mass is 302 g/mol. The first-order valence-corrected chi connectivity index (χ1v) is 7.64. The van der Waals surface area contributed by atoms with Crippen LogP contribution in [0, 0.1) is 6.92 Å². The van der Waals surface area contributed by atoms with E-state index in [1.165, 1.54) is 0 Å². The predicted octanol–water partition coefficient (Wildman–Crippen LogP) is 3.10. The minimum atomic E-state index is 0.573. The summed E-state index contributed by atoms with van der Waals surface area (Å²) in [5.74, 6) is 1.02.